The molecule has 0 fully saturated rings. The number of amides is 1. The molecule has 3 heteroatoms. The highest BCUT2D eigenvalue weighted by atomic mass is 19.1. The van der Waals surface area contributed by atoms with Crippen LogP contribution in [0.1, 0.15) is 11.1 Å². The number of nitrogens with one attached hydrogen (secondary N) is 1. The minimum absolute atomic E-state index is 0.217. The number of anilines is 1. The lowest BCUT2D eigenvalue weighted by atomic mass is 10.0. The van der Waals surface area contributed by atoms with Crippen molar-refractivity contribution in [3.8, 4) is 0 Å². The third kappa shape index (κ3) is 2.98. The quantitative estimate of drug-likeness (QED) is 0.758. The first-order chi connectivity index (χ1) is 10.6. The van der Waals surface area contributed by atoms with E-state index in [9.17, 15) is 9.18 Å². The molecule has 0 saturated carbocycles. The zero-order chi connectivity index (χ0) is 15.5. The number of rotatable bonds is 3. The van der Waals surface area contributed by atoms with Crippen molar-refractivity contribution in [3.05, 3.63) is 77.6 Å². The fraction of sp³-hybridized carbons (Fsp3) is 0.105. The van der Waals surface area contributed by atoms with Gasteiger partial charge in [0.2, 0.25) is 5.91 Å². The van der Waals surface area contributed by atoms with Gasteiger partial charge in [-0.3, -0.25) is 4.79 Å². The SMILES string of the molecule is Cc1ccc(NC(=O)Cc2cccc3ccccc23)c(F)c1. The average Bonchev–Trinajstić information content (AvgIpc) is 2.50. The van der Waals surface area contributed by atoms with E-state index >= 15 is 0 Å². The lowest BCUT2D eigenvalue weighted by Crippen LogP contribution is -2.15. The van der Waals surface area contributed by atoms with Gasteiger partial charge in [0, 0.05) is 0 Å². The number of hydrogen-bond acceptors (Lipinski definition) is 1. The first-order valence-electron chi connectivity index (χ1n) is 7.16. The number of fused-ring (bicyclic) bond motifs is 1. The largest absolute Gasteiger partial charge is 0.323 e. The molecule has 0 aliphatic carbocycles. The zero-order valence-corrected chi connectivity index (χ0v) is 12.3. The maximum atomic E-state index is 13.8. The lowest BCUT2D eigenvalue weighted by molar-refractivity contribution is -0.115. The number of aryl methyl sites for hydroxylation is 1. The highest BCUT2D eigenvalue weighted by Gasteiger charge is 2.09. The standard InChI is InChI=1S/C19H16FNO/c1-13-9-10-18(17(20)11-13)21-19(22)12-15-7-4-6-14-5-2-3-8-16(14)15/h2-11H,12H2,1H3,(H,21,22). The monoisotopic (exact) mass is 293 g/mol. The molecule has 3 aromatic rings. The Morgan fingerprint density at radius 3 is 2.64 bits per heavy atom. The van der Waals surface area contributed by atoms with Crippen LogP contribution in [0.4, 0.5) is 10.1 Å². The van der Waals surface area contributed by atoms with Gasteiger partial charge in [0.25, 0.3) is 0 Å². The maximum Gasteiger partial charge on any atom is 0.228 e. The van der Waals surface area contributed by atoms with Gasteiger partial charge in [-0.05, 0) is 41.0 Å². The molecule has 0 spiro atoms. The first kappa shape index (κ1) is 14.3. The Balaban J connectivity index is 1.81. The third-order valence-corrected chi connectivity index (χ3v) is 3.63. The normalized spacial score (nSPS) is 10.6. The first-order valence-corrected chi connectivity index (χ1v) is 7.16. The molecule has 2 nitrogen and oxygen atoms in total. The summed E-state index contributed by atoms with van der Waals surface area (Å²) < 4.78 is 13.8. The van der Waals surface area contributed by atoms with Crippen LogP contribution in [0.15, 0.2) is 60.7 Å². The molecule has 22 heavy (non-hydrogen) atoms. The van der Waals surface area contributed by atoms with Crippen LogP contribution >= 0.6 is 0 Å². The number of carbonyl (C=O) groups excluding carboxylic acids is 1. The Bertz CT molecular complexity index is 836. The fourth-order valence-electron chi connectivity index (χ4n) is 2.54. The van der Waals surface area contributed by atoms with Gasteiger partial charge in [0.15, 0.2) is 0 Å². The Morgan fingerprint density at radius 2 is 1.82 bits per heavy atom. The van der Waals surface area contributed by atoms with Crippen LogP contribution < -0.4 is 5.32 Å². The van der Waals surface area contributed by atoms with Crippen molar-refractivity contribution in [2.45, 2.75) is 13.3 Å². The van der Waals surface area contributed by atoms with E-state index in [-0.39, 0.29) is 18.0 Å². The van der Waals surface area contributed by atoms with Crippen LogP contribution in [-0.2, 0) is 11.2 Å². The van der Waals surface area contributed by atoms with Gasteiger partial charge in [-0.1, -0.05) is 48.5 Å². The summed E-state index contributed by atoms with van der Waals surface area (Å²) >= 11 is 0. The number of halogens is 1. The van der Waals surface area contributed by atoms with E-state index in [2.05, 4.69) is 5.32 Å². The summed E-state index contributed by atoms with van der Waals surface area (Å²) in [7, 11) is 0. The maximum absolute atomic E-state index is 13.8. The molecular formula is C19H16FNO. The third-order valence-electron chi connectivity index (χ3n) is 3.63. The van der Waals surface area contributed by atoms with Gasteiger partial charge >= 0.3 is 0 Å². The van der Waals surface area contributed by atoms with E-state index in [1.165, 1.54) is 6.07 Å². The zero-order valence-electron chi connectivity index (χ0n) is 12.3. The molecule has 0 aliphatic heterocycles. The van der Waals surface area contributed by atoms with Crippen molar-refractivity contribution >= 4 is 22.4 Å². The van der Waals surface area contributed by atoms with Crippen LogP contribution in [-0.4, -0.2) is 5.91 Å². The second-order valence-electron chi connectivity index (χ2n) is 5.35. The summed E-state index contributed by atoms with van der Waals surface area (Å²) in [6.45, 7) is 1.81. The number of hydrogen-bond donors (Lipinski definition) is 1. The van der Waals surface area contributed by atoms with Gasteiger partial charge in [-0.15, -0.1) is 0 Å². The summed E-state index contributed by atoms with van der Waals surface area (Å²) in [5.74, 6) is -0.634. The van der Waals surface area contributed by atoms with Crippen LogP contribution in [0.5, 0.6) is 0 Å². The molecule has 0 unspecified atom stereocenters. The molecule has 0 heterocycles. The van der Waals surface area contributed by atoms with Gasteiger partial charge < -0.3 is 5.32 Å². The van der Waals surface area contributed by atoms with Crippen LogP contribution in [0, 0.1) is 12.7 Å². The van der Waals surface area contributed by atoms with Gasteiger partial charge in [-0.25, -0.2) is 4.39 Å². The minimum Gasteiger partial charge on any atom is -0.323 e. The Kier molecular flexibility index (Phi) is 3.88. The van der Waals surface area contributed by atoms with Crippen LogP contribution in [0.3, 0.4) is 0 Å². The van der Waals surface area contributed by atoms with Gasteiger partial charge in [0.05, 0.1) is 12.1 Å². The lowest BCUT2D eigenvalue weighted by Gasteiger charge is -2.09. The summed E-state index contributed by atoms with van der Waals surface area (Å²) in [6, 6.07) is 18.6. The highest BCUT2D eigenvalue weighted by Crippen LogP contribution is 2.20. The van der Waals surface area contributed by atoms with Gasteiger partial charge in [0.1, 0.15) is 5.82 Å². The van der Waals surface area contributed by atoms with E-state index in [4.69, 9.17) is 0 Å². The molecule has 0 saturated heterocycles. The second-order valence-corrected chi connectivity index (χ2v) is 5.35. The predicted molar refractivity (Wildman–Crippen MR) is 87.4 cm³/mol. The van der Waals surface area contributed by atoms with Crippen molar-refractivity contribution in [1.29, 1.82) is 0 Å². The van der Waals surface area contributed by atoms with Crippen molar-refractivity contribution in [2.24, 2.45) is 0 Å². The molecule has 0 bridgehead atoms. The molecule has 0 aliphatic rings. The van der Waals surface area contributed by atoms with E-state index in [0.29, 0.717) is 0 Å². The fourth-order valence-corrected chi connectivity index (χ4v) is 2.54. The van der Waals surface area contributed by atoms with E-state index < -0.39 is 5.82 Å². The summed E-state index contributed by atoms with van der Waals surface area (Å²) in [6.07, 6.45) is 0.217. The number of carbonyl (C=O) groups is 1. The molecule has 3 rings (SSSR count). The summed E-state index contributed by atoms with van der Waals surface area (Å²) in [4.78, 5) is 12.2. The topological polar surface area (TPSA) is 29.1 Å². The second kappa shape index (κ2) is 5.98. The molecule has 0 radical (unpaired) electrons. The summed E-state index contributed by atoms with van der Waals surface area (Å²) in [5, 5.41) is 4.77. The Hall–Kier alpha value is -2.68. The van der Waals surface area contributed by atoms with Crippen LogP contribution in [0.25, 0.3) is 10.8 Å². The van der Waals surface area contributed by atoms with Crippen LogP contribution in [0.2, 0.25) is 0 Å². The van der Waals surface area contributed by atoms with Crippen molar-refractivity contribution in [3.63, 3.8) is 0 Å². The molecule has 1 N–H and O–H groups in total. The van der Waals surface area contributed by atoms with Crippen molar-refractivity contribution in [1.82, 2.24) is 0 Å². The molecule has 0 atom stereocenters. The van der Waals surface area contributed by atoms with E-state index in [0.717, 1.165) is 21.9 Å². The van der Waals surface area contributed by atoms with Crippen molar-refractivity contribution in [2.75, 3.05) is 5.32 Å². The summed E-state index contributed by atoms with van der Waals surface area (Å²) in [5.41, 5.74) is 1.98. The molecule has 1 amide bonds. The average molecular weight is 293 g/mol. The predicted octanol–water partition coefficient (Wildman–Crippen LogP) is 4.47. The van der Waals surface area contributed by atoms with Gasteiger partial charge in [-0.2, -0.15) is 0 Å². The van der Waals surface area contributed by atoms with E-state index in [1.54, 1.807) is 12.1 Å². The van der Waals surface area contributed by atoms with Crippen molar-refractivity contribution < 1.29 is 9.18 Å². The Morgan fingerprint density at radius 1 is 1.05 bits per heavy atom. The molecule has 0 aromatic heterocycles. The molecule has 110 valence electrons. The van der Waals surface area contributed by atoms with E-state index in [1.807, 2.05) is 49.4 Å². The molecular weight excluding hydrogens is 277 g/mol. The smallest absolute Gasteiger partial charge is 0.228 e. The minimum atomic E-state index is -0.411. The Labute approximate surface area is 128 Å². The highest BCUT2D eigenvalue weighted by molar-refractivity contribution is 5.96. The number of benzene rings is 3. The molecule has 3 aromatic carbocycles.